The maximum atomic E-state index is 12.3. The molecular weight excluding hydrogens is 222 g/mol. The first-order valence-corrected chi connectivity index (χ1v) is 5.75. The minimum atomic E-state index is -0.102. The summed E-state index contributed by atoms with van der Waals surface area (Å²) in [5.74, 6) is -0.102. The van der Waals surface area contributed by atoms with Crippen LogP contribution in [0, 0.1) is 25.2 Å². The van der Waals surface area contributed by atoms with Crippen molar-refractivity contribution in [2.24, 2.45) is 0 Å². The fourth-order valence-corrected chi connectivity index (χ4v) is 1.89. The Balaban J connectivity index is 2.57. The lowest BCUT2D eigenvalue weighted by Gasteiger charge is -2.08. The summed E-state index contributed by atoms with van der Waals surface area (Å²) in [7, 11) is 0. The van der Waals surface area contributed by atoms with E-state index in [0.717, 1.165) is 11.1 Å². The lowest BCUT2D eigenvalue weighted by atomic mass is 9.93. The van der Waals surface area contributed by atoms with Gasteiger partial charge in [-0.25, -0.2) is 0 Å². The maximum absolute atomic E-state index is 12.3. The fraction of sp³-hybridized carbons (Fsp3) is 0.125. The Morgan fingerprint density at radius 3 is 2.33 bits per heavy atom. The number of nitrogens with zero attached hydrogens (tertiary/aromatic N) is 1. The van der Waals surface area contributed by atoms with Gasteiger partial charge in [-0.05, 0) is 31.0 Å². The fourth-order valence-electron chi connectivity index (χ4n) is 1.89. The summed E-state index contributed by atoms with van der Waals surface area (Å²) in [6.07, 6.45) is 0. The van der Waals surface area contributed by atoms with Crippen molar-refractivity contribution in [1.82, 2.24) is 0 Å². The molecule has 2 aromatic rings. The number of carbonyl (C=O) groups is 1. The number of aryl methyl sites for hydroxylation is 1. The molecule has 0 radical (unpaired) electrons. The van der Waals surface area contributed by atoms with E-state index in [0.29, 0.717) is 16.7 Å². The largest absolute Gasteiger partial charge is 0.289 e. The molecule has 0 saturated carbocycles. The van der Waals surface area contributed by atoms with Gasteiger partial charge in [0.1, 0.15) is 6.07 Å². The molecule has 0 heterocycles. The highest BCUT2D eigenvalue weighted by Crippen LogP contribution is 2.20. The molecule has 0 N–H and O–H groups in total. The number of carbonyl (C=O) groups excluding carboxylic acids is 1. The van der Waals surface area contributed by atoms with Gasteiger partial charge in [0.2, 0.25) is 0 Å². The van der Waals surface area contributed by atoms with Crippen LogP contribution >= 0.6 is 0 Å². The molecule has 18 heavy (non-hydrogen) atoms. The first-order chi connectivity index (χ1) is 8.65. The zero-order chi connectivity index (χ0) is 13.1. The lowest BCUT2D eigenvalue weighted by Crippen LogP contribution is -2.06. The second-order valence-electron chi connectivity index (χ2n) is 4.24. The molecule has 0 atom stereocenters. The van der Waals surface area contributed by atoms with Crippen LogP contribution in [0.1, 0.15) is 32.6 Å². The Kier molecular flexibility index (Phi) is 3.25. The highest BCUT2D eigenvalue weighted by Gasteiger charge is 2.15. The van der Waals surface area contributed by atoms with E-state index in [1.807, 2.05) is 38.1 Å². The molecule has 0 spiro atoms. The van der Waals surface area contributed by atoms with Gasteiger partial charge in [0, 0.05) is 11.1 Å². The van der Waals surface area contributed by atoms with E-state index in [-0.39, 0.29) is 5.78 Å². The van der Waals surface area contributed by atoms with Crippen molar-refractivity contribution in [1.29, 1.82) is 5.26 Å². The van der Waals surface area contributed by atoms with Gasteiger partial charge >= 0.3 is 0 Å². The van der Waals surface area contributed by atoms with E-state index in [9.17, 15) is 10.1 Å². The summed E-state index contributed by atoms with van der Waals surface area (Å²) in [5.41, 5.74) is 3.46. The van der Waals surface area contributed by atoms with Crippen molar-refractivity contribution in [3.05, 3.63) is 70.3 Å². The van der Waals surface area contributed by atoms with Crippen LogP contribution in [0.15, 0.2) is 42.5 Å². The van der Waals surface area contributed by atoms with Crippen LogP contribution in [0.5, 0.6) is 0 Å². The maximum Gasteiger partial charge on any atom is 0.194 e. The first kappa shape index (κ1) is 12.1. The molecule has 2 heteroatoms. The van der Waals surface area contributed by atoms with E-state index in [4.69, 9.17) is 0 Å². The average molecular weight is 235 g/mol. The molecule has 0 amide bonds. The van der Waals surface area contributed by atoms with E-state index >= 15 is 0 Å². The van der Waals surface area contributed by atoms with Gasteiger partial charge in [0.05, 0.1) is 5.56 Å². The molecule has 2 rings (SSSR count). The molecule has 0 fully saturated rings. The second-order valence-corrected chi connectivity index (χ2v) is 4.24. The van der Waals surface area contributed by atoms with Gasteiger partial charge in [0.15, 0.2) is 5.78 Å². The molecule has 0 bridgehead atoms. The van der Waals surface area contributed by atoms with Crippen molar-refractivity contribution in [2.45, 2.75) is 13.8 Å². The third kappa shape index (κ3) is 2.03. The third-order valence-electron chi connectivity index (χ3n) is 3.13. The van der Waals surface area contributed by atoms with Crippen LogP contribution in [0.3, 0.4) is 0 Å². The van der Waals surface area contributed by atoms with Crippen LogP contribution in [0.4, 0.5) is 0 Å². The highest BCUT2D eigenvalue weighted by molar-refractivity contribution is 6.10. The van der Waals surface area contributed by atoms with Crippen LogP contribution < -0.4 is 0 Å². The lowest BCUT2D eigenvalue weighted by molar-refractivity contribution is 0.103. The van der Waals surface area contributed by atoms with Gasteiger partial charge in [-0.1, -0.05) is 36.4 Å². The Hall–Kier alpha value is -2.40. The SMILES string of the molecule is Cc1ccc(C(=O)c2ccccc2)c(C#N)c1C. The van der Waals surface area contributed by atoms with Crippen molar-refractivity contribution < 1.29 is 4.79 Å². The van der Waals surface area contributed by atoms with Gasteiger partial charge in [-0.3, -0.25) is 4.79 Å². The minimum Gasteiger partial charge on any atom is -0.289 e. The summed E-state index contributed by atoms with van der Waals surface area (Å²) in [4.78, 5) is 12.3. The van der Waals surface area contributed by atoms with E-state index < -0.39 is 0 Å². The summed E-state index contributed by atoms with van der Waals surface area (Å²) < 4.78 is 0. The van der Waals surface area contributed by atoms with Gasteiger partial charge in [-0.15, -0.1) is 0 Å². The Morgan fingerprint density at radius 2 is 1.72 bits per heavy atom. The second kappa shape index (κ2) is 4.85. The van der Waals surface area contributed by atoms with E-state index in [2.05, 4.69) is 6.07 Å². The molecule has 0 aliphatic carbocycles. The monoisotopic (exact) mass is 235 g/mol. The molecule has 0 unspecified atom stereocenters. The highest BCUT2D eigenvalue weighted by atomic mass is 16.1. The van der Waals surface area contributed by atoms with Crippen LogP contribution in [0.25, 0.3) is 0 Å². The topological polar surface area (TPSA) is 40.9 Å². The molecular formula is C16H13NO. The van der Waals surface area contributed by atoms with Crippen LogP contribution in [-0.2, 0) is 0 Å². The number of rotatable bonds is 2. The molecule has 0 aromatic heterocycles. The molecule has 0 aliphatic rings. The number of ketones is 1. The molecule has 0 aliphatic heterocycles. The Morgan fingerprint density at radius 1 is 1.06 bits per heavy atom. The quantitative estimate of drug-likeness (QED) is 0.748. The smallest absolute Gasteiger partial charge is 0.194 e. The number of hydrogen-bond acceptors (Lipinski definition) is 2. The molecule has 88 valence electrons. The number of nitriles is 1. The molecule has 2 nitrogen and oxygen atoms in total. The standard InChI is InChI=1S/C16H13NO/c1-11-8-9-14(15(10-17)12(11)2)16(18)13-6-4-3-5-7-13/h3-9H,1-2H3. The van der Waals surface area contributed by atoms with Gasteiger partial charge in [-0.2, -0.15) is 5.26 Å². The molecule has 0 saturated heterocycles. The van der Waals surface area contributed by atoms with Crippen LogP contribution in [-0.4, -0.2) is 5.78 Å². The third-order valence-corrected chi connectivity index (χ3v) is 3.13. The predicted molar refractivity (Wildman–Crippen MR) is 70.5 cm³/mol. The Labute approximate surface area is 107 Å². The average Bonchev–Trinajstić information content (AvgIpc) is 2.42. The summed E-state index contributed by atoms with van der Waals surface area (Å²) in [6.45, 7) is 3.81. The summed E-state index contributed by atoms with van der Waals surface area (Å²) in [6, 6.07) is 14.8. The normalized spacial score (nSPS) is 9.83. The van der Waals surface area contributed by atoms with E-state index in [1.54, 1.807) is 18.2 Å². The van der Waals surface area contributed by atoms with Gasteiger partial charge in [0.25, 0.3) is 0 Å². The Bertz CT molecular complexity index is 636. The number of benzene rings is 2. The van der Waals surface area contributed by atoms with Crippen molar-refractivity contribution >= 4 is 5.78 Å². The van der Waals surface area contributed by atoms with Crippen molar-refractivity contribution in [3.63, 3.8) is 0 Å². The number of hydrogen-bond donors (Lipinski definition) is 0. The summed E-state index contributed by atoms with van der Waals surface area (Å²) >= 11 is 0. The minimum absolute atomic E-state index is 0.102. The van der Waals surface area contributed by atoms with Gasteiger partial charge < -0.3 is 0 Å². The zero-order valence-corrected chi connectivity index (χ0v) is 10.4. The molecule has 2 aromatic carbocycles. The zero-order valence-electron chi connectivity index (χ0n) is 10.4. The first-order valence-electron chi connectivity index (χ1n) is 5.75. The van der Waals surface area contributed by atoms with Crippen molar-refractivity contribution in [2.75, 3.05) is 0 Å². The van der Waals surface area contributed by atoms with E-state index in [1.165, 1.54) is 0 Å². The summed E-state index contributed by atoms with van der Waals surface area (Å²) in [5, 5.41) is 9.22. The van der Waals surface area contributed by atoms with Crippen molar-refractivity contribution in [3.8, 4) is 6.07 Å². The predicted octanol–water partition coefficient (Wildman–Crippen LogP) is 3.41. The van der Waals surface area contributed by atoms with Crippen LogP contribution in [0.2, 0.25) is 0 Å².